The van der Waals surface area contributed by atoms with Crippen molar-refractivity contribution in [1.82, 2.24) is 4.90 Å². The van der Waals surface area contributed by atoms with E-state index >= 15 is 0 Å². The van der Waals surface area contributed by atoms with E-state index in [0.717, 1.165) is 11.6 Å². The van der Waals surface area contributed by atoms with Gasteiger partial charge in [0.05, 0.1) is 0 Å². The highest BCUT2D eigenvalue weighted by Gasteiger charge is 2.41. The predicted octanol–water partition coefficient (Wildman–Crippen LogP) is 3.21. The fourth-order valence-corrected chi connectivity index (χ4v) is 3.01. The molecule has 2 rings (SSSR count). The molecule has 94 valence electrons. The molecule has 1 aliphatic carbocycles. The molecule has 17 heavy (non-hydrogen) atoms. The first-order chi connectivity index (χ1) is 8.10. The Kier molecular flexibility index (Phi) is 3.76. The summed E-state index contributed by atoms with van der Waals surface area (Å²) in [5.41, 5.74) is 7.33. The SMILES string of the molecule is CC(c1ccccc1Cl)N(C)C1(CN)CCC1. The maximum Gasteiger partial charge on any atom is 0.0453 e. The molecule has 2 nitrogen and oxygen atoms in total. The van der Waals surface area contributed by atoms with Crippen molar-refractivity contribution in [2.24, 2.45) is 5.73 Å². The minimum atomic E-state index is 0.193. The topological polar surface area (TPSA) is 29.3 Å². The van der Waals surface area contributed by atoms with Gasteiger partial charge in [-0.3, -0.25) is 4.90 Å². The van der Waals surface area contributed by atoms with E-state index in [2.05, 4.69) is 24.9 Å². The van der Waals surface area contributed by atoms with E-state index in [1.807, 2.05) is 18.2 Å². The third-order valence-corrected chi connectivity index (χ3v) is 4.69. The van der Waals surface area contributed by atoms with Gasteiger partial charge in [-0.15, -0.1) is 0 Å². The van der Waals surface area contributed by atoms with Crippen LogP contribution in [-0.4, -0.2) is 24.0 Å². The quantitative estimate of drug-likeness (QED) is 0.892. The lowest BCUT2D eigenvalue weighted by molar-refractivity contribution is 0.0163. The van der Waals surface area contributed by atoms with Gasteiger partial charge in [0, 0.05) is 23.1 Å². The monoisotopic (exact) mass is 252 g/mol. The van der Waals surface area contributed by atoms with Gasteiger partial charge in [-0.2, -0.15) is 0 Å². The van der Waals surface area contributed by atoms with Gasteiger partial charge in [0.25, 0.3) is 0 Å². The second-order valence-electron chi connectivity index (χ2n) is 5.09. The lowest BCUT2D eigenvalue weighted by atomic mass is 9.74. The number of hydrogen-bond donors (Lipinski definition) is 1. The molecule has 1 unspecified atom stereocenters. The summed E-state index contributed by atoms with van der Waals surface area (Å²) in [5, 5.41) is 0.846. The van der Waals surface area contributed by atoms with Crippen LogP contribution in [0.2, 0.25) is 5.02 Å². The molecule has 0 amide bonds. The van der Waals surface area contributed by atoms with Gasteiger partial charge in [-0.25, -0.2) is 0 Å². The van der Waals surface area contributed by atoms with Crippen molar-refractivity contribution in [3.63, 3.8) is 0 Å². The highest BCUT2D eigenvalue weighted by Crippen LogP contribution is 2.41. The zero-order valence-electron chi connectivity index (χ0n) is 10.6. The van der Waals surface area contributed by atoms with E-state index in [1.54, 1.807) is 0 Å². The lowest BCUT2D eigenvalue weighted by Crippen LogP contribution is -2.57. The number of rotatable bonds is 4. The average Bonchev–Trinajstić information content (AvgIpc) is 2.28. The van der Waals surface area contributed by atoms with Crippen LogP contribution < -0.4 is 5.73 Å². The fourth-order valence-electron chi connectivity index (χ4n) is 2.72. The van der Waals surface area contributed by atoms with Crippen LogP contribution >= 0.6 is 11.6 Å². The average molecular weight is 253 g/mol. The van der Waals surface area contributed by atoms with Crippen molar-refractivity contribution in [2.75, 3.05) is 13.6 Å². The molecular weight excluding hydrogens is 232 g/mol. The van der Waals surface area contributed by atoms with Gasteiger partial charge < -0.3 is 5.73 Å². The zero-order valence-corrected chi connectivity index (χ0v) is 11.4. The zero-order chi connectivity index (χ0) is 12.5. The third kappa shape index (κ3) is 2.22. The Hall–Kier alpha value is -0.570. The molecule has 0 radical (unpaired) electrons. The van der Waals surface area contributed by atoms with Crippen molar-refractivity contribution in [3.8, 4) is 0 Å². The molecule has 1 saturated carbocycles. The van der Waals surface area contributed by atoms with Crippen molar-refractivity contribution in [3.05, 3.63) is 34.9 Å². The summed E-state index contributed by atoms with van der Waals surface area (Å²) in [7, 11) is 2.17. The Morgan fingerprint density at radius 1 is 1.41 bits per heavy atom. The maximum absolute atomic E-state index is 6.26. The minimum absolute atomic E-state index is 0.193. The summed E-state index contributed by atoms with van der Waals surface area (Å²) >= 11 is 6.26. The van der Waals surface area contributed by atoms with Gasteiger partial charge >= 0.3 is 0 Å². The van der Waals surface area contributed by atoms with Gasteiger partial charge in [-0.1, -0.05) is 29.8 Å². The van der Waals surface area contributed by atoms with E-state index in [0.29, 0.717) is 6.04 Å². The molecule has 0 aliphatic heterocycles. The Morgan fingerprint density at radius 2 is 2.06 bits per heavy atom. The molecule has 1 aliphatic rings. The van der Waals surface area contributed by atoms with Gasteiger partial charge in [-0.05, 0) is 44.9 Å². The largest absolute Gasteiger partial charge is 0.329 e. The first-order valence-electron chi connectivity index (χ1n) is 6.28. The van der Waals surface area contributed by atoms with E-state index in [1.165, 1.54) is 24.8 Å². The number of nitrogens with two attached hydrogens (primary N) is 1. The smallest absolute Gasteiger partial charge is 0.0453 e. The molecule has 3 heteroatoms. The summed E-state index contributed by atoms with van der Waals surface area (Å²) < 4.78 is 0. The Balaban J connectivity index is 2.20. The molecule has 0 aromatic heterocycles. The minimum Gasteiger partial charge on any atom is -0.329 e. The highest BCUT2D eigenvalue weighted by atomic mass is 35.5. The summed E-state index contributed by atoms with van der Waals surface area (Å²) in [6, 6.07) is 8.39. The van der Waals surface area contributed by atoms with Crippen LogP contribution in [0.3, 0.4) is 0 Å². The van der Waals surface area contributed by atoms with E-state index in [4.69, 9.17) is 17.3 Å². The molecule has 1 aromatic carbocycles. The van der Waals surface area contributed by atoms with Crippen molar-refractivity contribution in [1.29, 1.82) is 0 Å². The van der Waals surface area contributed by atoms with E-state index in [-0.39, 0.29) is 5.54 Å². The Morgan fingerprint density at radius 3 is 2.53 bits per heavy atom. The highest BCUT2D eigenvalue weighted by molar-refractivity contribution is 6.31. The van der Waals surface area contributed by atoms with Crippen molar-refractivity contribution in [2.45, 2.75) is 37.8 Å². The van der Waals surface area contributed by atoms with E-state index in [9.17, 15) is 0 Å². The number of halogens is 1. The standard InChI is InChI=1S/C14H21ClN2/c1-11(12-6-3-4-7-13(12)15)17(2)14(10-16)8-5-9-14/h3-4,6-7,11H,5,8-10,16H2,1-2H3. The number of nitrogens with zero attached hydrogens (tertiary/aromatic N) is 1. The maximum atomic E-state index is 6.26. The molecular formula is C14H21ClN2. The van der Waals surface area contributed by atoms with E-state index < -0.39 is 0 Å². The van der Waals surface area contributed by atoms with Crippen LogP contribution in [-0.2, 0) is 0 Å². The summed E-state index contributed by atoms with van der Waals surface area (Å²) in [4.78, 5) is 2.40. The molecule has 0 saturated heterocycles. The van der Waals surface area contributed by atoms with Crippen LogP contribution in [0.25, 0.3) is 0 Å². The van der Waals surface area contributed by atoms with Crippen LogP contribution in [0.15, 0.2) is 24.3 Å². The number of benzene rings is 1. The molecule has 0 spiro atoms. The number of likely N-dealkylation sites (N-methyl/N-ethyl adjacent to an activating group) is 1. The lowest BCUT2D eigenvalue weighted by Gasteiger charge is -2.50. The Bertz CT molecular complexity index is 382. The molecule has 0 heterocycles. The number of hydrogen-bond acceptors (Lipinski definition) is 2. The van der Waals surface area contributed by atoms with Crippen molar-refractivity contribution >= 4 is 11.6 Å². The van der Waals surface area contributed by atoms with Crippen LogP contribution in [0.1, 0.15) is 37.8 Å². The first kappa shape index (κ1) is 12.9. The predicted molar refractivity (Wildman–Crippen MR) is 73.3 cm³/mol. The third-order valence-electron chi connectivity index (χ3n) is 4.35. The summed E-state index contributed by atoms with van der Waals surface area (Å²) in [6.07, 6.45) is 3.69. The Labute approximate surface area is 109 Å². The van der Waals surface area contributed by atoms with Gasteiger partial charge in [0.2, 0.25) is 0 Å². The fraction of sp³-hybridized carbons (Fsp3) is 0.571. The van der Waals surface area contributed by atoms with Crippen LogP contribution in [0.4, 0.5) is 0 Å². The normalized spacial score (nSPS) is 20.1. The van der Waals surface area contributed by atoms with Crippen molar-refractivity contribution < 1.29 is 0 Å². The molecule has 1 atom stereocenters. The summed E-state index contributed by atoms with van der Waals surface area (Å²) in [6.45, 7) is 2.94. The van der Waals surface area contributed by atoms with Crippen LogP contribution in [0.5, 0.6) is 0 Å². The second-order valence-corrected chi connectivity index (χ2v) is 5.50. The molecule has 1 fully saturated rings. The molecule has 0 bridgehead atoms. The molecule has 2 N–H and O–H groups in total. The van der Waals surface area contributed by atoms with Gasteiger partial charge in [0.15, 0.2) is 0 Å². The van der Waals surface area contributed by atoms with Crippen LogP contribution in [0, 0.1) is 0 Å². The first-order valence-corrected chi connectivity index (χ1v) is 6.66. The van der Waals surface area contributed by atoms with Gasteiger partial charge in [0.1, 0.15) is 0 Å². The molecule has 1 aromatic rings. The second kappa shape index (κ2) is 4.97. The summed E-state index contributed by atoms with van der Waals surface area (Å²) in [5.74, 6) is 0.